The Bertz CT molecular complexity index is 1240. The number of aryl methyl sites for hydroxylation is 2. The Morgan fingerprint density at radius 2 is 1.81 bits per heavy atom. The van der Waals surface area contributed by atoms with E-state index in [1.54, 1.807) is 28.9 Å². The van der Waals surface area contributed by atoms with Crippen LogP contribution in [-0.4, -0.2) is 15.7 Å². The number of nitrogens with zero attached hydrogens (tertiary/aromatic N) is 2. The van der Waals surface area contributed by atoms with Gasteiger partial charge in [0, 0.05) is 0 Å². The highest BCUT2D eigenvalue weighted by molar-refractivity contribution is 6.02. The molecular formula is C25H24FN3O3. The predicted molar refractivity (Wildman–Crippen MR) is 119 cm³/mol. The Balaban J connectivity index is 1.42. The number of hydrogen-bond donors (Lipinski definition) is 1. The molecule has 0 bridgehead atoms. The van der Waals surface area contributed by atoms with Crippen molar-refractivity contribution in [3.63, 3.8) is 0 Å². The monoisotopic (exact) mass is 433 g/mol. The van der Waals surface area contributed by atoms with Crippen molar-refractivity contribution in [2.24, 2.45) is 0 Å². The molecule has 1 amide bonds. The van der Waals surface area contributed by atoms with Crippen LogP contribution in [0.2, 0.25) is 0 Å². The number of furan rings is 1. The smallest absolute Gasteiger partial charge is 0.291 e. The Morgan fingerprint density at radius 1 is 1.06 bits per heavy atom. The predicted octanol–water partition coefficient (Wildman–Crippen LogP) is 5.42. The van der Waals surface area contributed by atoms with Crippen molar-refractivity contribution < 1.29 is 18.3 Å². The summed E-state index contributed by atoms with van der Waals surface area (Å²) in [4.78, 5) is 12.7. The summed E-state index contributed by atoms with van der Waals surface area (Å²) >= 11 is 0. The first kappa shape index (κ1) is 21.4. The summed E-state index contributed by atoms with van der Waals surface area (Å²) in [7, 11) is 0. The van der Waals surface area contributed by atoms with Gasteiger partial charge in [-0.3, -0.25) is 9.48 Å². The number of benzene rings is 2. The SMILES string of the molecule is Cc1ccccc1OCc1ccc(C(=O)Nc2c(C)nn(Cc3ccc(F)cc3)c2C)o1. The van der Waals surface area contributed by atoms with Crippen LogP contribution in [0.1, 0.15) is 38.8 Å². The molecule has 0 aliphatic heterocycles. The Morgan fingerprint density at radius 3 is 2.56 bits per heavy atom. The number of anilines is 1. The van der Waals surface area contributed by atoms with Gasteiger partial charge < -0.3 is 14.5 Å². The Kier molecular flexibility index (Phi) is 6.07. The summed E-state index contributed by atoms with van der Waals surface area (Å²) in [5.74, 6) is 0.879. The maximum atomic E-state index is 13.1. The van der Waals surface area contributed by atoms with Gasteiger partial charge >= 0.3 is 0 Å². The molecule has 0 saturated heterocycles. The minimum absolute atomic E-state index is 0.193. The van der Waals surface area contributed by atoms with E-state index >= 15 is 0 Å². The number of ether oxygens (including phenoxy) is 1. The van der Waals surface area contributed by atoms with E-state index < -0.39 is 0 Å². The number of nitrogens with one attached hydrogen (secondary N) is 1. The first-order valence-corrected chi connectivity index (χ1v) is 10.3. The first-order chi connectivity index (χ1) is 15.4. The lowest BCUT2D eigenvalue weighted by molar-refractivity contribution is 0.0992. The Hall–Kier alpha value is -3.87. The summed E-state index contributed by atoms with van der Waals surface area (Å²) in [6, 6.07) is 17.3. The molecule has 0 unspecified atom stereocenters. The van der Waals surface area contributed by atoms with E-state index in [1.807, 2.05) is 45.0 Å². The zero-order chi connectivity index (χ0) is 22.7. The van der Waals surface area contributed by atoms with Crippen LogP contribution in [0.25, 0.3) is 0 Å². The molecule has 32 heavy (non-hydrogen) atoms. The van der Waals surface area contributed by atoms with Crippen LogP contribution in [-0.2, 0) is 13.2 Å². The number of para-hydroxylation sites is 1. The summed E-state index contributed by atoms with van der Waals surface area (Å²) in [5.41, 5.74) is 4.06. The van der Waals surface area contributed by atoms with Crippen molar-refractivity contribution >= 4 is 11.6 Å². The van der Waals surface area contributed by atoms with Gasteiger partial charge in [0.2, 0.25) is 0 Å². The van der Waals surface area contributed by atoms with Gasteiger partial charge in [0.1, 0.15) is 23.9 Å². The summed E-state index contributed by atoms with van der Waals surface area (Å²) in [6.45, 7) is 6.38. The first-order valence-electron chi connectivity index (χ1n) is 10.3. The average molecular weight is 433 g/mol. The average Bonchev–Trinajstić information content (AvgIpc) is 3.35. The third kappa shape index (κ3) is 4.72. The second-order valence-corrected chi connectivity index (χ2v) is 7.60. The largest absolute Gasteiger partial charge is 0.485 e. The van der Waals surface area contributed by atoms with E-state index in [2.05, 4.69) is 10.4 Å². The second-order valence-electron chi connectivity index (χ2n) is 7.60. The normalized spacial score (nSPS) is 10.9. The van der Waals surface area contributed by atoms with Crippen LogP contribution in [0.5, 0.6) is 5.75 Å². The topological polar surface area (TPSA) is 69.3 Å². The van der Waals surface area contributed by atoms with Crippen molar-refractivity contribution in [2.45, 2.75) is 33.9 Å². The van der Waals surface area contributed by atoms with E-state index in [0.717, 1.165) is 22.6 Å². The van der Waals surface area contributed by atoms with Crippen LogP contribution >= 0.6 is 0 Å². The molecule has 2 heterocycles. The molecule has 0 saturated carbocycles. The molecule has 0 atom stereocenters. The van der Waals surface area contributed by atoms with E-state index in [-0.39, 0.29) is 24.1 Å². The molecule has 0 radical (unpaired) electrons. The minimum Gasteiger partial charge on any atom is -0.485 e. The number of aromatic nitrogens is 2. The van der Waals surface area contributed by atoms with Crippen molar-refractivity contribution in [3.8, 4) is 5.75 Å². The molecule has 164 valence electrons. The Labute approximate surface area is 185 Å². The third-order valence-electron chi connectivity index (χ3n) is 5.21. The van der Waals surface area contributed by atoms with Crippen molar-refractivity contribution in [1.29, 1.82) is 0 Å². The van der Waals surface area contributed by atoms with Crippen LogP contribution < -0.4 is 10.1 Å². The number of hydrogen-bond acceptors (Lipinski definition) is 4. The van der Waals surface area contributed by atoms with Gasteiger partial charge in [0.05, 0.1) is 23.6 Å². The lowest BCUT2D eigenvalue weighted by atomic mass is 10.2. The highest BCUT2D eigenvalue weighted by Gasteiger charge is 2.18. The lowest BCUT2D eigenvalue weighted by Crippen LogP contribution is -2.12. The van der Waals surface area contributed by atoms with Gasteiger partial charge in [0.15, 0.2) is 5.76 Å². The molecule has 7 heteroatoms. The number of rotatable bonds is 7. The van der Waals surface area contributed by atoms with Gasteiger partial charge in [-0.05, 0) is 62.2 Å². The van der Waals surface area contributed by atoms with Gasteiger partial charge in [-0.1, -0.05) is 30.3 Å². The van der Waals surface area contributed by atoms with Gasteiger partial charge in [-0.2, -0.15) is 5.10 Å². The van der Waals surface area contributed by atoms with Gasteiger partial charge in [-0.25, -0.2) is 4.39 Å². The zero-order valence-corrected chi connectivity index (χ0v) is 18.2. The summed E-state index contributed by atoms with van der Waals surface area (Å²) in [6.07, 6.45) is 0. The van der Waals surface area contributed by atoms with Crippen LogP contribution in [0.4, 0.5) is 10.1 Å². The molecule has 1 N–H and O–H groups in total. The maximum absolute atomic E-state index is 13.1. The number of halogens is 1. The van der Waals surface area contributed by atoms with E-state index in [9.17, 15) is 9.18 Å². The molecule has 2 aromatic heterocycles. The lowest BCUT2D eigenvalue weighted by Gasteiger charge is -2.07. The number of carbonyl (C=O) groups excluding carboxylic acids is 1. The molecular weight excluding hydrogens is 409 g/mol. The molecule has 6 nitrogen and oxygen atoms in total. The molecule has 4 rings (SSSR count). The minimum atomic E-state index is -0.361. The second kappa shape index (κ2) is 9.09. The molecule has 4 aromatic rings. The number of carbonyl (C=O) groups is 1. The molecule has 0 spiro atoms. The van der Waals surface area contributed by atoms with Crippen LogP contribution in [0, 0.1) is 26.6 Å². The van der Waals surface area contributed by atoms with Crippen LogP contribution in [0.15, 0.2) is 65.1 Å². The molecule has 0 fully saturated rings. The number of amides is 1. The highest BCUT2D eigenvalue weighted by atomic mass is 19.1. The summed E-state index contributed by atoms with van der Waals surface area (Å²) < 4.78 is 26.4. The molecule has 2 aromatic carbocycles. The molecule has 0 aliphatic carbocycles. The van der Waals surface area contributed by atoms with Crippen molar-refractivity contribution in [1.82, 2.24) is 9.78 Å². The van der Waals surface area contributed by atoms with Crippen molar-refractivity contribution in [2.75, 3.05) is 5.32 Å². The third-order valence-corrected chi connectivity index (χ3v) is 5.21. The highest BCUT2D eigenvalue weighted by Crippen LogP contribution is 2.23. The fraction of sp³-hybridized carbons (Fsp3) is 0.200. The fourth-order valence-electron chi connectivity index (χ4n) is 3.41. The van der Waals surface area contributed by atoms with Gasteiger partial charge in [-0.15, -0.1) is 0 Å². The molecule has 0 aliphatic rings. The van der Waals surface area contributed by atoms with E-state index in [4.69, 9.17) is 9.15 Å². The van der Waals surface area contributed by atoms with Crippen molar-refractivity contribution in [3.05, 3.63) is 101 Å². The standard InChI is InChI=1S/C25H24FN3O3/c1-16-6-4-5-7-22(16)31-15-21-12-13-23(32-21)25(30)27-24-17(2)28-29(18(24)3)14-19-8-10-20(26)11-9-19/h4-13H,14-15H2,1-3H3,(H,27,30). The van der Waals surface area contributed by atoms with E-state index in [0.29, 0.717) is 23.7 Å². The summed E-state index contributed by atoms with van der Waals surface area (Å²) in [5, 5.41) is 7.40. The van der Waals surface area contributed by atoms with E-state index in [1.165, 1.54) is 12.1 Å². The zero-order valence-electron chi connectivity index (χ0n) is 18.2. The quantitative estimate of drug-likeness (QED) is 0.423. The van der Waals surface area contributed by atoms with Gasteiger partial charge in [0.25, 0.3) is 5.91 Å². The van der Waals surface area contributed by atoms with Crippen LogP contribution in [0.3, 0.4) is 0 Å². The maximum Gasteiger partial charge on any atom is 0.291 e. The fourth-order valence-corrected chi connectivity index (χ4v) is 3.41.